The molecule has 1 fully saturated rings. The zero-order valence-corrected chi connectivity index (χ0v) is 10.9. The van der Waals surface area contributed by atoms with Gasteiger partial charge in [-0.25, -0.2) is 0 Å². The summed E-state index contributed by atoms with van der Waals surface area (Å²) < 4.78 is 5.16. The number of hydrogen-bond donors (Lipinski definition) is 2. The molecule has 1 saturated heterocycles. The highest BCUT2D eigenvalue weighted by Gasteiger charge is 2.07. The van der Waals surface area contributed by atoms with E-state index in [2.05, 4.69) is 9.88 Å². The van der Waals surface area contributed by atoms with E-state index in [1.807, 2.05) is 18.2 Å². The van der Waals surface area contributed by atoms with E-state index in [1.165, 1.54) is 0 Å². The molecule has 1 aliphatic rings. The molecule has 5 heteroatoms. The summed E-state index contributed by atoms with van der Waals surface area (Å²) in [5, 5.41) is 0. The quantitative estimate of drug-likeness (QED) is 0.780. The number of morpholine rings is 1. The number of nitrogens with zero attached hydrogens (tertiary/aromatic N) is 2. The molecule has 0 saturated carbocycles. The van der Waals surface area contributed by atoms with Gasteiger partial charge in [0.25, 0.3) is 0 Å². The molecule has 4 N–H and O–H groups in total. The zero-order chi connectivity index (χ0) is 13.1. The van der Waals surface area contributed by atoms with Crippen molar-refractivity contribution in [3.05, 3.63) is 30.1 Å². The molecule has 0 bridgehead atoms. The average Bonchev–Trinajstić information content (AvgIpc) is 2.43. The number of pyridine rings is 1. The van der Waals surface area contributed by atoms with Crippen molar-refractivity contribution in [1.29, 1.82) is 0 Å². The van der Waals surface area contributed by atoms with Crippen LogP contribution in [0.2, 0.25) is 0 Å². The molecule has 0 spiro atoms. The molecule has 0 atom stereocenters. The molecule has 102 valence electrons. The first-order chi connectivity index (χ1) is 8.86. The predicted octanol–water partition coefficient (Wildman–Crippen LogP) is -0.140. The molecule has 2 rings (SSSR count). The average molecular weight is 252 g/mol. The van der Waals surface area contributed by atoms with Gasteiger partial charge in [0, 0.05) is 44.5 Å². The Kier molecular flexibility index (Phi) is 8.33. The third kappa shape index (κ3) is 6.66. The van der Waals surface area contributed by atoms with Crippen LogP contribution >= 0.6 is 0 Å². The fraction of sp³-hybridized carbons (Fsp3) is 0.615. The highest BCUT2D eigenvalue weighted by molar-refractivity contribution is 5.03. The largest absolute Gasteiger partial charge is 0.379 e. The Bertz CT molecular complexity index is 286. The first-order valence-electron chi connectivity index (χ1n) is 6.47. The predicted molar refractivity (Wildman–Crippen MR) is 73.3 cm³/mol. The molecule has 18 heavy (non-hydrogen) atoms. The third-order valence-corrected chi connectivity index (χ3v) is 2.68. The van der Waals surface area contributed by atoms with Gasteiger partial charge in [-0.15, -0.1) is 0 Å². The summed E-state index contributed by atoms with van der Waals surface area (Å²) >= 11 is 0. The number of aromatic nitrogens is 1. The van der Waals surface area contributed by atoms with Gasteiger partial charge >= 0.3 is 0 Å². The molecule has 0 aromatic carbocycles. The smallest absolute Gasteiger partial charge is 0.0594 e. The van der Waals surface area contributed by atoms with Crippen molar-refractivity contribution in [3.8, 4) is 0 Å². The van der Waals surface area contributed by atoms with Gasteiger partial charge in [-0.3, -0.25) is 9.88 Å². The van der Waals surface area contributed by atoms with Gasteiger partial charge in [0.15, 0.2) is 0 Å². The summed E-state index contributed by atoms with van der Waals surface area (Å²) in [6, 6.07) is 5.85. The Morgan fingerprint density at radius 2 is 1.94 bits per heavy atom. The van der Waals surface area contributed by atoms with E-state index in [0.29, 0.717) is 6.54 Å². The SMILES string of the molecule is NCCN1CCOCC1.NCCc1ccccn1. The van der Waals surface area contributed by atoms with Gasteiger partial charge in [0.05, 0.1) is 13.2 Å². The molecular weight excluding hydrogens is 228 g/mol. The van der Waals surface area contributed by atoms with Crippen LogP contribution in [-0.4, -0.2) is 55.8 Å². The maximum absolute atomic E-state index is 5.38. The van der Waals surface area contributed by atoms with Crippen molar-refractivity contribution in [1.82, 2.24) is 9.88 Å². The lowest BCUT2D eigenvalue weighted by Gasteiger charge is -2.25. The monoisotopic (exact) mass is 252 g/mol. The van der Waals surface area contributed by atoms with Crippen LogP contribution in [0.5, 0.6) is 0 Å². The van der Waals surface area contributed by atoms with Crippen molar-refractivity contribution in [2.45, 2.75) is 6.42 Å². The molecule has 0 radical (unpaired) electrons. The summed E-state index contributed by atoms with van der Waals surface area (Å²) in [6.07, 6.45) is 2.66. The second kappa shape index (κ2) is 9.96. The normalized spacial score (nSPS) is 15.9. The van der Waals surface area contributed by atoms with Crippen molar-refractivity contribution in [2.24, 2.45) is 11.5 Å². The van der Waals surface area contributed by atoms with Crippen molar-refractivity contribution in [2.75, 3.05) is 45.9 Å². The summed E-state index contributed by atoms with van der Waals surface area (Å²) in [5.74, 6) is 0. The van der Waals surface area contributed by atoms with Gasteiger partial charge in [0.2, 0.25) is 0 Å². The van der Waals surface area contributed by atoms with Gasteiger partial charge in [-0.2, -0.15) is 0 Å². The Balaban J connectivity index is 0.000000180. The number of rotatable bonds is 4. The van der Waals surface area contributed by atoms with E-state index in [9.17, 15) is 0 Å². The van der Waals surface area contributed by atoms with Gasteiger partial charge in [0.1, 0.15) is 0 Å². The lowest BCUT2D eigenvalue weighted by Crippen LogP contribution is -2.39. The minimum Gasteiger partial charge on any atom is -0.379 e. The molecule has 1 aliphatic heterocycles. The molecule has 1 aromatic heterocycles. The molecule has 5 nitrogen and oxygen atoms in total. The Morgan fingerprint density at radius 1 is 1.17 bits per heavy atom. The number of nitrogens with two attached hydrogens (primary N) is 2. The van der Waals surface area contributed by atoms with Gasteiger partial charge in [-0.1, -0.05) is 6.07 Å². The first kappa shape index (κ1) is 15.0. The van der Waals surface area contributed by atoms with Crippen LogP contribution in [-0.2, 0) is 11.2 Å². The number of hydrogen-bond acceptors (Lipinski definition) is 5. The topological polar surface area (TPSA) is 77.4 Å². The molecule has 0 amide bonds. The summed E-state index contributed by atoms with van der Waals surface area (Å²) in [7, 11) is 0. The van der Waals surface area contributed by atoms with Crippen LogP contribution in [0.25, 0.3) is 0 Å². The van der Waals surface area contributed by atoms with Crippen LogP contribution in [0.15, 0.2) is 24.4 Å². The van der Waals surface area contributed by atoms with Gasteiger partial charge < -0.3 is 16.2 Å². The molecule has 2 heterocycles. The second-order valence-electron chi connectivity index (χ2n) is 4.10. The minimum absolute atomic E-state index is 0.678. The Morgan fingerprint density at radius 3 is 2.50 bits per heavy atom. The van der Waals surface area contributed by atoms with Crippen LogP contribution in [0.1, 0.15) is 5.69 Å². The second-order valence-corrected chi connectivity index (χ2v) is 4.10. The van der Waals surface area contributed by atoms with E-state index >= 15 is 0 Å². The molecule has 0 unspecified atom stereocenters. The highest BCUT2D eigenvalue weighted by Crippen LogP contribution is 1.93. The Labute approximate surface area is 109 Å². The van der Waals surface area contributed by atoms with Gasteiger partial charge in [-0.05, 0) is 18.7 Å². The van der Waals surface area contributed by atoms with E-state index in [-0.39, 0.29) is 0 Å². The summed E-state index contributed by atoms with van der Waals surface area (Å²) in [4.78, 5) is 6.41. The fourth-order valence-corrected chi connectivity index (χ4v) is 1.70. The fourth-order valence-electron chi connectivity index (χ4n) is 1.70. The van der Waals surface area contributed by atoms with Crippen molar-refractivity contribution < 1.29 is 4.74 Å². The van der Waals surface area contributed by atoms with E-state index in [4.69, 9.17) is 16.2 Å². The van der Waals surface area contributed by atoms with E-state index in [1.54, 1.807) is 6.20 Å². The van der Waals surface area contributed by atoms with E-state index < -0.39 is 0 Å². The lowest BCUT2D eigenvalue weighted by molar-refractivity contribution is 0.0394. The Hall–Kier alpha value is -1.01. The minimum atomic E-state index is 0.678. The van der Waals surface area contributed by atoms with Crippen molar-refractivity contribution in [3.63, 3.8) is 0 Å². The highest BCUT2D eigenvalue weighted by atomic mass is 16.5. The standard InChI is InChI=1S/C7H10N2.C6H14N2O/c8-5-4-7-3-1-2-6-9-7;7-1-2-8-3-5-9-6-4-8/h1-3,6H,4-5,8H2;1-7H2. The zero-order valence-electron chi connectivity index (χ0n) is 10.9. The third-order valence-electron chi connectivity index (χ3n) is 2.68. The van der Waals surface area contributed by atoms with Crippen LogP contribution < -0.4 is 11.5 Å². The van der Waals surface area contributed by atoms with Crippen LogP contribution in [0.3, 0.4) is 0 Å². The molecular formula is C13H24N4O. The van der Waals surface area contributed by atoms with Crippen LogP contribution in [0, 0.1) is 0 Å². The summed E-state index contributed by atoms with van der Waals surface area (Å²) in [5.41, 5.74) is 11.8. The number of ether oxygens (including phenoxy) is 1. The van der Waals surface area contributed by atoms with Crippen LogP contribution in [0.4, 0.5) is 0 Å². The lowest BCUT2D eigenvalue weighted by atomic mass is 10.3. The maximum Gasteiger partial charge on any atom is 0.0594 e. The molecule has 1 aromatic rings. The summed E-state index contributed by atoms with van der Waals surface area (Å²) in [6.45, 7) is 6.31. The van der Waals surface area contributed by atoms with Crippen molar-refractivity contribution >= 4 is 0 Å². The first-order valence-corrected chi connectivity index (χ1v) is 6.47. The maximum atomic E-state index is 5.38. The van der Waals surface area contributed by atoms with E-state index in [0.717, 1.165) is 51.5 Å². The molecule has 0 aliphatic carbocycles.